The number of piperidine rings is 1. The van der Waals surface area contributed by atoms with Gasteiger partial charge in [-0.15, -0.1) is 0 Å². The highest BCUT2D eigenvalue weighted by atomic mass is 16.3. The van der Waals surface area contributed by atoms with Crippen molar-refractivity contribution in [3.8, 4) is 0 Å². The summed E-state index contributed by atoms with van der Waals surface area (Å²) < 4.78 is 0. The van der Waals surface area contributed by atoms with Crippen LogP contribution in [0.15, 0.2) is 0 Å². The summed E-state index contributed by atoms with van der Waals surface area (Å²) in [6, 6.07) is 0. The van der Waals surface area contributed by atoms with Gasteiger partial charge in [0, 0.05) is 18.4 Å². The first-order valence-electron chi connectivity index (χ1n) is 3.47. The fraction of sp³-hybridized carbons (Fsp3) is 0.857. The first-order valence-corrected chi connectivity index (χ1v) is 3.47. The molecular weight excluding hydrogens is 130 g/mol. The van der Waals surface area contributed by atoms with Crippen LogP contribution in [0.1, 0.15) is 20.3 Å². The summed E-state index contributed by atoms with van der Waals surface area (Å²) in [6.45, 7) is 4.19. The molecule has 1 rings (SSSR count). The third-order valence-corrected chi connectivity index (χ3v) is 2.01. The van der Waals surface area contributed by atoms with Gasteiger partial charge in [-0.05, 0) is 0 Å². The maximum absolute atomic E-state index is 10.8. The van der Waals surface area contributed by atoms with E-state index in [0.717, 1.165) is 0 Å². The van der Waals surface area contributed by atoms with E-state index in [1.54, 1.807) is 0 Å². The van der Waals surface area contributed by atoms with Crippen LogP contribution in [-0.4, -0.2) is 23.7 Å². The zero-order valence-electron chi connectivity index (χ0n) is 6.35. The highest BCUT2D eigenvalue weighted by Gasteiger charge is 2.34. The van der Waals surface area contributed by atoms with Crippen LogP contribution < -0.4 is 5.32 Å². The Morgan fingerprint density at radius 2 is 2.30 bits per heavy atom. The molecule has 1 unspecified atom stereocenters. The van der Waals surface area contributed by atoms with Gasteiger partial charge in [-0.25, -0.2) is 0 Å². The summed E-state index contributed by atoms with van der Waals surface area (Å²) in [4.78, 5) is 10.8. The van der Waals surface area contributed by atoms with Gasteiger partial charge < -0.3 is 10.4 Å². The lowest BCUT2D eigenvalue weighted by Gasteiger charge is -2.34. The number of nitrogens with one attached hydrogen (secondary N) is 1. The molecule has 10 heavy (non-hydrogen) atoms. The molecule has 2 N–H and O–H groups in total. The number of carbonyl (C=O) groups excluding carboxylic acids is 1. The first-order chi connectivity index (χ1) is 4.52. The van der Waals surface area contributed by atoms with E-state index in [-0.39, 0.29) is 11.3 Å². The fourth-order valence-electron chi connectivity index (χ4n) is 1.08. The van der Waals surface area contributed by atoms with Crippen LogP contribution >= 0.6 is 0 Å². The molecule has 0 bridgehead atoms. The lowest BCUT2D eigenvalue weighted by molar-refractivity contribution is -0.129. The van der Waals surface area contributed by atoms with Crippen molar-refractivity contribution in [1.29, 1.82) is 0 Å². The van der Waals surface area contributed by atoms with Gasteiger partial charge in [0.1, 0.15) is 0 Å². The second-order valence-electron chi connectivity index (χ2n) is 3.49. The third-order valence-electron chi connectivity index (χ3n) is 2.01. The number of amides is 1. The summed E-state index contributed by atoms with van der Waals surface area (Å²) in [5, 5.41) is 11.9. The van der Waals surface area contributed by atoms with Gasteiger partial charge in [0.05, 0.1) is 6.10 Å². The molecule has 1 aliphatic heterocycles. The predicted molar refractivity (Wildman–Crippen MR) is 37.4 cm³/mol. The predicted octanol–water partition coefficient (Wildman–Crippen LogP) is -0.107. The van der Waals surface area contributed by atoms with Crippen molar-refractivity contribution >= 4 is 5.91 Å². The molecule has 0 radical (unpaired) electrons. The summed E-state index contributed by atoms with van der Waals surface area (Å²) in [5.74, 6) is 0.0373. The van der Waals surface area contributed by atoms with Crippen molar-refractivity contribution in [2.24, 2.45) is 5.41 Å². The molecule has 1 saturated heterocycles. The monoisotopic (exact) mass is 143 g/mol. The van der Waals surface area contributed by atoms with E-state index in [4.69, 9.17) is 0 Å². The number of β-amino-alcohol motifs (C(OH)–C–C–N with tert-alkyl or cyclic N) is 1. The van der Waals surface area contributed by atoms with Crippen LogP contribution in [-0.2, 0) is 4.79 Å². The number of carbonyl (C=O) groups is 1. The van der Waals surface area contributed by atoms with Gasteiger partial charge in [-0.2, -0.15) is 0 Å². The highest BCUT2D eigenvalue weighted by Crippen LogP contribution is 2.27. The van der Waals surface area contributed by atoms with Crippen LogP contribution in [0.25, 0.3) is 0 Å². The molecule has 1 heterocycles. The molecule has 0 aromatic rings. The molecule has 0 aromatic carbocycles. The van der Waals surface area contributed by atoms with E-state index in [9.17, 15) is 9.90 Å². The molecule has 1 amide bonds. The molecule has 1 atom stereocenters. The number of aliphatic hydroxyl groups is 1. The lowest BCUT2D eigenvalue weighted by Crippen LogP contribution is -2.48. The number of hydrogen-bond acceptors (Lipinski definition) is 2. The Morgan fingerprint density at radius 3 is 2.70 bits per heavy atom. The normalized spacial score (nSPS) is 31.5. The molecule has 1 fully saturated rings. The standard InChI is InChI=1S/C7H13NO2/c1-7(2)3-6(10)8-4-5(7)9/h5,9H,3-4H2,1-2H3,(H,8,10). The zero-order valence-corrected chi connectivity index (χ0v) is 6.35. The Morgan fingerprint density at radius 1 is 1.70 bits per heavy atom. The van der Waals surface area contributed by atoms with Gasteiger partial charge in [-0.1, -0.05) is 13.8 Å². The average molecular weight is 143 g/mol. The van der Waals surface area contributed by atoms with E-state index >= 15 is 0 Å². The van der Waals surface area contributed by atoms with E-state index in [2.05, 4.69) is 5.32 Å². The van der Waals surface area contributed by atoms with Gasteiger partial charge in [0.25, 0.3) is 0 Å². The number of rotatable bonds is 0. The van der Waals surface area contributed by atoms with Gasteiger partial charge >= 0.3 is 0 Å². The minimum atomic E-state index is -0.398. The first kappa shape index (κ1) is 7.54. The highest BCUT2D eigenvalue weighted by molar-refractivity contribution is 5.77. The smallest absolute Gasteiger partial charge is 0.220 e. The minimum Gasteiger partial charge on any atom is -0.391 e. The van der Waals surface area contributed by atoms with Crippen LogP contribution in [0, 0.1) is 5.41 Å². The molecule has 3 nitrogen and oxygen atoms in total. The number of hydrogen-bond donors (Lipinski definition) is 2. The molecule has 1 aliphatic rings. The summed E-state index contributed by atoms with van der Waals surface area (Å²) in [7, 11) is 0. The van der Waals surface area contributed by atoms with Crippen LogP contribution in [0.2, 0.25) is 0 Å². The Hall–Kier alpha value is -0.570. The van der Waals surface area contributed by atoms with Crippen molar-refractivity contribution in [3.05, 3.63) is 0 Å². The summed E-state index contributed by atoms with van der Waals surface area (Å²) in [5.41, 5.74) is -0.248. The second-order valence-corrected chi connectivity index (χ2v) is 3.49. The quantitative estimate of drug-likeness (QED) is 0.497. The second kappa shape index (κ2) is 2.23. The fourth-order valence-corrected chi connectivity index (χ4v) is 1.08. The molecule has 0 spiro atoms. The SMILES string of the molecule is CC1(C)CC(=O)NCC1O. The molecule has 3 heteroatoms. The zero-order chi connectivity index (χ0) is 7.78. The topological polar surface area (TPSA) is 49.3 Å². The van der Waals surface area contributed by atoms with Gasteiger partial charge in [-0.3, -0.25) is 4.79 Å². The Labute approximate surface area is 60.4 Å². The minimum absolute atomic E-state index is 0.0373. The van der Waals surface area contributed by atoms with Crippen molar-refractivity contribution in [2.45, 2.75) is 26.4 Å². The van der Waals surface area contributed by atoms with E-state index in [1.165, 1.54) is 0 Å². The Bertz CT molecular complexity index is 154. The van der Waals surface area contributed by atoms with E-state index < -0.39 is 6.10 Å². The lowest BCUT2D eigenvalue weighted by atomic mass is 9.80. The molecule has 0 saturated carbocycles. The maximum atomic E-state index is 10.8. The van der Waals surface area contributed by atoms with Crippen LogP contribution in [0.5, 0.6) is 0 Å². The molecular formula is C7H13NO2. The van der Waals surface area contributed by atoms with E-state index in [0.29, 0.717) is 13.0 Å². The molecule has 0 aromatic heterocycles. The molecule has 58 valence electrons. The van der Waals surface area contributed by atoms with Gasteiger partial charge in [0.15, 0.2) is 0 Å². The van der Waals surface area contributed by atoms with Crippen LogP contribution in [0.4, 0.5) is 0 Å². The van der Waals surface area contributed by atoms with E-state index in [1.807, 2.05) is 13.8 Å². The van der Waals surface area contributed by atoms with Crippen molar-refractivity contribution in [1.82, 2.24) is 5.32 Å². The molecule has 0 aliphatic carbocycles. The average Bonchev–Trinajstić information content (AvgIpc) is 1.78. The van der Waals surface area contributed by atoms with Crippen molar-refractivity contribution < 1.29 is 9.90 Å². The number of aliphatic hydroxyl groups excluding tert-OH is 1. The van der Waals surface area contributed by atoms with Crippen molar-refractivity contribution in [3.63, 3.8) is 0 Å². The summed E-state index contributed by atoms with van der Waals surface area (Å²) >= 11 is 0. The Kier molecular flexibility index (Phi) is 1.68. The van der Waals surface area contributed by atoms with Crippen molar-refractivity contribution in [2.75, 3.05) is 6.54 Å². The Balaban J connectivity index is 2.63. The van der Waals surface area contributed by atoms with Crippen LogP contribution in [0.3, 0.4) is 0 Å². The van der Waals surface area contributed by atoms with Gasteiger partial charge in [0.2, 0.25) is 5.91 Å². The third kappa shape index (κ3) is 1.29. The summed E-state index contributed by atoms with van der Waals surface area (Å²) in [6.07, 6.45) is 0.0268. The maximum Gasteiger partial charge on any atom is 0.220 e. The largest absolute Gasteiger partial charge is 0.391 e.